The summed E-state index contributed by atoms with van der Waals surface area (Å²) in [5.41, 5.74) is 4.92. The van der Waals surface area contributed by atoms with Crippen LogP contribution >= 0.6 is 23.2 Å². The van der Waals surface area contributed by atoms with Crippen LogP contribution < -0.4 is 5.56 Å². The highest BCUT2D eigenvalue weighted by atomic mass is 35.5. The quantitative estimate of drug-likeness (QED) is 0.381. The number of carboxylic acid groups (broad SMARTS) is 1. The molecule has 3 aromatic heterocycles. The van der Waals surface area contributed by atoms with Crippen molar-refractivity contribution in [2.45, 2.75) is 25.3 Å². The van der Waals surface area contributed by atoms with E-state index in [1.165, 1.54) is 23.3 Å². The Labute approximate surface area is 219 Å². The van der Waals surface area contributed by atoms with Crippen molar-refractivity contribution >= 4 is 40.5 Å². The van der Waals surface area contributed by atoms with E-state index in [1.807, 2.05) is 6.07 Å². The Hall–Kier alpha value is -4.15. The van der Waals surface area contributed by atoms with E-state index in [4.69, 9.17) is 23.2 Å². The highest BCUT2D eigenvalue weighted by Crippen LogP contribution is 2.39. The maximum Gasteiger partial charge on any atom is 0.354 e. The summed E-state index contributed by atoms with van der Waals surface area (Å²) in [4.78, 5) is 33.2. The molecule has 37 heavy (non-hydrogen) atoms. The summed E-state index contributed by atoms with van der Waals surface area (Å²) in [6, 6.07) is 11.8. The molecule has 6 rings (SSSR count). The predicted molar refractivity (Wildman–Crippen MR) is 137 cm³/mol. The molecular formula is C25H17Cl2N7O3. The maximum absolute atomic E-state index is 13.4. The Balaban J connectivity index is 1.33. The molecule has 0 saturated heterocycles. The molecule has 0 unspecified atom stereocenters. The number of halogens is 2. The second kappa shape index (κ2) is 9.06. The standard InChI is InChI=1S/C25H17Cl2N7O3/c26-15-1-3-21(33-12-29-31-32-33)17(10-15)14-7-16-2-4-22(34(16)23(35)9-14)19-11-18(24(27)30-19)13-5-6-28-20(8-13)25(36)37/h1,3,5-10,12,22H,2,4,11H2,(H,36,37)/t22-/m0/s1. The number of allylic oxidation sites excluding steroid dienone is 1. The van der Waals surface area contributed by atoms with Crippen molar-refractivity contribution in [1.29, 1.82) is 0 Å². The highest BCUT2D eigenvalue weighted by molar-refractivity contribution is 6.35. The van der Waals surface area contributed by atoms with E-state index in [2.05, 4.69) is 25.5 Å². The normalized spacial score (nSPS) is 16.7. The van der Waals surface area contributed by atoms with Crippen molar-refractivity contribution in [3.05, 3.63) is 92.5 Å². The molecule has 4 aromatic rings. The van der Waals surface area contributed by atoms with Crippen molar-refractivity contribution in [3.63, 3.8) is 0 Å². The van der Waals surface area contributed by atoms with Gasteiger partial charge in [-0.3, -0.25) is 4.79 Å². The fourth-order valence-corrected chi connectivity index (χ4v) is 5.37. The number of carboxylic acids is 1. The van der Waals surface area contributed by atoms with Gasteiger partial charge >= 0.3 is 5.97 Å². The van der Waals surface area contributed by atoms with E-state index in [1.54, 1.807) is 34.9 Å². The van der Waals surface area contributed by atoms with Gasteiger partial charge in [0.25, 0.3) is 5.56 Å². The summed E-state index contributed by atoms with van der Waals surface area (Å²) < 4.78 is 3.28. The number of aromatic nitrogens is 6. The predicted octanol–water partition coefficient (Wildman–Crippen LogP) is 4.18. The monoisotopic (exact) mass is 533 g/mol. The zero-order valence-corrected chi connectivity index (χ0v) is 20.6. The van der Waals surface area contributed by atoms with Crippen LogP contribution in [-0.2, 0) is 6.42 Å². The first-order valence-corrected chi connectivity index (χ1v) is 12.1. The van der Waals surface area contributed by atoms with E-state index < -0.39 is 5.97 Å². The number of aliphatic imine (C=N–C) groups is 1. The van der Waals surface area contributed by atoms with E-state index >= 15 is 0 Å². The number of hydrogen-bond donors (Lipinski definition) is 1. The third kappa shape index (κ3) is 4.13. The number of aryl methyl sites for hydroxylation is 1. The number of carbonyl (C=O) groups is 1. The molecule has 1 aromatic carbocycles. The van der Waals surface area contributed by atoms with Crippen LogP contribution in [0.5, 0.6) is 0 Å². The largest absolute Gasteiger partial charge is 0.477 e. The summed E-state index contributed by atoms with van der Waals surface area (Å²) in [5.74, 6) is -1.12. The summed E-state index contributed by atoms with van der Waals surface area (Å²) in [6.45, 7) is 0. The van der Waals surface area contributed by atoms with Crippen molar-refractivity contribution in [2.24, 2.45) is 4.99 Å². The van der Waals surface area contributed by atoms with E-state index in [-0.39, 0.29) is 17.3 Å². The lowest BCUT2D eigenvalue weighted by atomic mass is 9.99. The molecule has 0 bridgehead atoms. The van der Waals surface area contributed by atoms with Crippen LogP contribution in [0.4, 0.5) is 0 Å². The summed E-state index contributed by atoms with van der Waals surface area (Å²) in [7, 11) is 0. The van der Waals surface area contributed by atoms with Crippen LogP contribution in [0.25, 0.3) is 22.4 Å². The number of nitrogens with zero attached hydrogens (tertiary/aromatic N) is 7. The molecule has 1 N–H and O–H groups in total. The molecule has 0 amide bonds. The van der Waals surface area contributed by atoms with Gasteiger partial charge in [-0.1, -0.05) is 23.2 Å². The Morgan fingerprint density at radius 2 is 1.95 bits per heavy atom. The third-order valence-corrected chi connectivity index (χ3v) is 7.11. The van der Waals surface area contributed by atoms with Gasteiger partial charge in [-0.2, -0.15) is 4.68 Å². The van der Waals surface area contributed by atoms with Crippen molar-refractivity contribution in [2.75, 3.05) is 0 Å². The SMILES string of the molecule is O=C(O)c1cc(C2=C(Cl)N=C([C@@H]3CCc4cc(-c5cc(Cl)ccc5-n5cnnn5)cc(=O)n43)C2)ccn1. The molecule has 2 aliphatic rings. The number of aromatic carboxylic acids is 1. The first kappa shape index (κ1) is 23.3. The van der Waals surface area contributed by atoms with Crippen LogP contribution in [0.2, 0.25) is 5.02 Å². The Morgan fingerprint density at radius 1 is 1.08 bits per heavy atom. The molecule has 184 valence electrons. The number of benzene rings is 1. The molecule has 2 aliphatic heterocycles. The lowest BCUT2D eigenvalue weighted by Crippen LogP contribution is -2.27. The van der Waals surface area contributed by atoms with Crippen LogP contribution in [0.15, 0.2) is 69.9 Å². The van der Waals surface area contributed by atoms with Crippen LogP contribution in [0.3, 0.4) is 0 Å². The number of tetrazole rings is 1. The molecule has 12 heteroatoms. The number of pyridine rings is 2. The number of hydrogen-bond acceptors (Lipinski definition) is 7. The van der Waals surface area contributed by atoms with Crippen molar-refractivity contribution < 1.29 is 9.90 Å². The highest BCUT2D eigenvalue weighted by Gasteiger charge is 2.32. The van der Waals surface area contributed by atoms with Gasteiger partial charge in [0.15, 0.2) is 0 Å². The van der Waals surface area contributed by atoms with Crippen LogP contribution in [0, 0.1) is 0 Å². The smallest absolute Gasteiger partial charge is 0.354 e. The van der Waals surface area contributed by atoms with Gasteiger partial charge in [-0.15, -0.1) is 5.10 Å². The summed E-state index contributed by atoms with van der Waals surface area (Å²) in [6.07, 6.45) is 4.71. The summed E-state index contributed by atoms with van der Waals surface area (Å²) in [5, 5.41) is 21.5. The number of rotatable bonds is 5. The van der Waals surface area contributed by atoms with Crippen LogP contribution in [0.1, 0.15) is 40.6 Å². The molecule has 0 radical (unpaired) electrons. The van der Waals surface area contributed by atoms with Gasteiger partial charge in [0.2, 0.25) is 0 Å². The zero-order chi connectivity index (χ0) is 25.7. The number of fused-ring (bicyclic) bond motifs is 1. The first-order valence-electron chi connectivity index (χ1n) is 11.3. The maximum atomic E-state index is 13.4. The lowest BCUT2D eigenvalue weighted by molar-refractivity contribution is 0.0690. The van der Waals surface area contributed by atoms with E-state index in [9.17, 15) is 14.7 Å². The van der Waals surface area contributed by atoms with Gasteiger partial charge in [0.05, 0.1) is 11.7 Å². The average Bonchev–Trinajstić information content (AvgIpc) is 3.64. The van der Waals surface area contributed by atoms with Crippen LogP contribution in [-0.4, -0.2) is 46.5 Å². The minimum atomic E-state index is -1.12. The minimum absolute atomic E-state index is 0.0695. The minimum Gasteiger partial charge on any atom is -0.477 e. The Bertz CT molecular complexity index is 1690. The van der Waals surface area contributed by atoms with E-state index in [0.29, 0.717) is 51.8 Å². The average molecular weight is 534 g/mol. The van der Waals surface area contributed by atoms with Crippen molar-refractivity contribution in [3.8, 4) is 16.8 Å². The van der Waals surface area contributed by atoms with Crippen molar-refractivity contribution in [1.82, 2.24) is 29.8 Å². The molecule has 0 spiro atoms. The Morgan fingerprint density at radius 3 is 2.73 bits per heavy atom. The van der Waals surface area contributed by atoms with Gasteiger partial charge in [-0.05, 0) is 70.8 Å². The molecule has 5 heterocycles. The third-order valence-electron chi connectivity index (χ3n) is 6.56. The first-order chi connectivity index (χ1) is 17.9. The molecule has 10 nitrogen and oxygen atoms in total. The zero-order valence-electron chi connectivity index (χ0n) is 19.0. The molecule has 1 atom stereocenters. The van der Waals surface area contributed by atoms with Gasteiger partial charge in [-0.25, -0.2) is 14.8 Å². The molecule has 0 saturated carbocycles. The van der Waals surface area contributed by atoms with Gasteiger partial charge in [0.1, 0.15) is 17.2 Å². The van der Waals surface area contributed by atoms with E-state index in [0.717, 1.165) is 17.0 Å². The molecule has 0 fully saturated rings. The van der Waals surface area contributed by atoms with Gasteiger partial charge in [0, 0.05) is 46.2 Å². The Kier molecular flexibility index (Phi) is 5.69. The fourth-order valence-electron chi connectivity index (χ4n) is 4.91. The second-order valence-corrected chi connectivity index (χ2v) is 9.49. The summed E-state index contributed by atoms with van der Waals surface area (Å²) >= 11 is 12.8. The van der Waals surface area contributed by atoms with Gasteiger partial charge < -0.3 is 9.67 Å². The lowest BCUT2D eigenvalue weighted by Gasteiger charge is -2.17. The molecular weight excluding hydrogens is 517 g/mol. The topological polar surface area (TPSA) is 128 Å². The second-order valence-electron chi connectivity index (χ2n) is 8.70. The molecule has 0 aliphatic carbocycles. The fraction of sp³-hybridized carbons (Fsp3) is 0.160.